The van der Waals surface area contributed by atoms with Crippen LogP contribution in [0.4, 0.5) is 0 Å². The Morgan fingerprint density at radius 2 is 1.75 bits per heavy atom. The van der Waals surface area contributed by atoms with Crippen LogP contribution in [0.15, 0.2) is 24.3 Å². The second-order valence-corrected chi connectivity index (χ2v) is 5.21. The number of carbonyl (C=O) groups is 1. The smallest absolute Gasteiger partial charge is 0.166 e. The molecule has 0 amide bonds. The van der Waals surface area contributed by atoms with Crippen LogP contribution in [-0.2, 0) is 6.42 Å². The number of benzene rings is 1. The molecule has 84 valence electrons. The second-order valence-electron chi connectivity index (χ2n) is 5.21. The molecule has 1 saturated carbocycles. The Kier molecular flexibility index (Phi) is 2.55. The Morgan fingerprint density at radius 1 is 1.00 bits per heavy atom. The van der Waals surface area contributed by atoms with Crippen LogP contribution in [0.25, 0.3) is 0 Å². The molecule has 3 rings (SSSR count). The number of ketones is 1. The lowest BCUT2D eigenvalue weighted by Gasteiger charge is -2.27. The van der Waals surface area contributed by atoms with Gasteiger partial charge in [0, 0.05) is 11.5 Å². The van der Waals surface area contributed by atoms with E-state index in [2.05, 4.69) is 6.07 Å². The molecule has 1 atom stereocenters. The van der Waals surface area contributed by atoms with Crippen molar-refractivity contribution in [3.8, 4) is 0 Å². The highest BCUT2D eigenvalue weighted by molar-refractivity contribution is 6.00. The summed E-state index contributed by atoms with van der Waals surface area (Å²) in [7, 11) is 0. The number of aryl methyl sites for hydroxylation is 1. The first-order valence-electron chi connectivity index (χ1n) is 6.48. The summed E-state index contributed by atoms with van der Waals surface area (Å²) in [4.78, 5) is 12.4. The average Bonchev–Trinajstić information content (AvgIpc) is 2.83. The van der Waals surface area contributed by atoms with Gasteiger partial charge in [0.15, 0.2) is 5.78 Å². The Hall–Kier alpha value is -1.11. The van der Waals surface area contributed by atoms with E-state index in [1.54, 1.807) is 0 Å². The van der Waals surface area contributed by atoms with E-state index in [0.29, 0.717) is 17.6 Å². The van der Waals surface area contributed by atoms with Crippen LogP contribution >= 0.6 is 0 Å². The molecule has 0 bridgehead atoms. The predicted molar refractivity (Wildman–Crippen MR) is 64.5 cm³/mol. The van der Waals surface area contributed by atoms with E-state index in [1.807, 2.05) is 18.2 Å². The third kappa shape index (κ3) is 1.59. The maximum atomic E-state index is 12.4. The summed E-state index contributed by atoms with van der Waals surface area (Å²) in [6.07, 6.45) is 7.40. The van der Waals surface area contributed by atoms with E-state index in [-0.39, 0.29) is 0 Å². The van der Waals surface area contributed by atoms with E-state index in [1.165, 1.54) is 31.2 Å². The van der Waals surface area contributed by atoms with E-state index in [0.717, 1.165) is 18.4 Å². The van der Waals surface area contributed by atoms with Gasteiger partial charge < -0.3 is 0 Å². The molecule has 0 heterocycles. The van der Waals surface area contributed by atoms with Crippen LogP contribution in [-0.4, -0.2) is 5.78 Å². The van der Waals surface area contributed by atoms with E-state index in [9.17, 15) is 4.79 Å². The van der Waals surface area contributed by atoms with Crippen molar-refractivity contribution >= 4 is 5.78 Å². The van der Waals surface area contributed by atoms with Gasteiger partial charge in [-0.05, 0) is 37.2 Å². The summed E-state index contributed by atoms with van der Waals surface area (Å²) in [6, 6.07) is 8.16. The van der Waals surface area contributed by atoms with Crippen molar-refractivity contribution in [3.05, 3.63) is 35.4 Å². The van der Waals surface area contributed by atoms with Crippen LogP contribution in [0.2, 0.25) is 0 Å². The molecular weight excluding hydrogens is 196 g/mol. The SMILES string of the molecule is O=C1c2ccccc2CCC1C1CCCC1. The monoisotopic (exact) mass is 214 g/mol. The lowest BCUT2D eigenvalue weighted by molar-refractivity contribution is 0.0850. The molecule has 0 radical (unpaired) electrons. The number of carbonyl (C=O) groups excluding carboxylic acids is 1. The highest BCUT2D eigenvalue weighted by atomic mass is 16.1. The molecule has 0 N–H and O–H groups in total. The molecule has 0 saturated heterocycles. The Bertz CT molecular complexity index is 402. The molecule has 1 aromatic rings. The standard InChI is InChI=1S/C15H18O/c16-15-13-8-4-3-7-12(13)9-10-14(15)11-5-1-2-6-11/h3-4,7-8,11,14H,1-2,5-6,9-10H2. The fraction of sp³-hybridized carbons (Fsp3) is 0.533. The van der Waals surface area contributed by atoms with Crippen molar-refractivity contribution in [2.45, 2.75) is 38.5 Å². The summed E-state index contributed by atoms with van der Waals surface area (Å²) < 4.78 is 0. The highest BCUT2D eigenvalue weighted by Gasteiger charge is 2.34. The van der Waals surface area contributed by atoms with Crippen molar-refractivity contribution in [3.63, 3.8) is 0 Å². The number of fused-ring (bicyclic) bond motifs is 1. The van der Waals surface area contributed by atoms with Gasteiger partial charge >= 0.3 is 0 Å². The van der Waals surface area contributed by atoms with Crippen molar-refractivity contribution in [2.75, 3.05) is 0 Å². The van der Waals surface area contributed by atoms with Crippen molar-refractivity contribution in [1.82, 2.24) is 0 Å². The number of hydrogen-bond donors (Lipinski definition) is 0. The molecule has 1 unspecified atom stereocenters. The van der Waals surface area contributed by atoms with Gasteiger partial charge in [-0.15, -0.1) is 0 Å². The minimum atomic E-state index is 0.331. The summed E-state index contributed by atoms with van der Waals surface area (Å²) in [6.45, 7) is 0. The lowest BCUT2D eigenvalue weighted by atomic mass is 9.75. The first kappa shape index (κ1) is 10.1. The van der Waals surface area contributed by atoms with Crippen LogP contribution in [0.1, 0.15) is 48.0 Å². The topological polar surface area (TPSA) is 17.1 Å². The number of Topliss-reactive ketones (excluding diaryl/α,β-unsaturated/α-hetero) is 1. The van der Waals surface area contributed by atoms with E-state index < -0.39 is 0 Å². The fourth-order valence-corrected chi connectivity index (χ4v) is 3.43. The quantitative estimate of drug-likeness (QED) is 0.697. The molecule has 2 aliphatic carbocycles. The van der Waals surface area contributed by atoms with Gasteiger partial charge in [0.05, 0.1) is 0 Å². The van der Waals surface area contributed by atoms with Crippen LogP contribution < -0.4 is 0 Å². The largest absolute Gasteiger partial charge is 0.294 e. The van der Waals surface area contributed by atoms with Crippen LogP contribution in [0, 0.1) is 11.8 Å². The van der Waals surface area contributed by atoms with Gasteiger partial charge in [-0.3, -0.25) is 4.79 Å². The second kappa shape index (κ2) is 4.04. The molecule has 1 fully saturated rings. The first-order chi connectivity index (χ1) is 7.86. The minimum Gasteiger partial charge on any atom is -0.294 e. The van der Waals surface area contributed by atoms with E-state index in [4.69, 9.17) is 0 Å². The van der Waals surface area contributed by atoms with Gasteiger partial charge in [0.1, 0.15) is 0 Å². The summed E-state index contributed by atoms with van der Waals surface area (Å²) >= 11 is 0. The molecule has 2 aliphatic rings. The molecule has 0 spiro atoms. The third-order valence-corrected chi connectivity index (χ3v) is 4.31. The summed E-state index contributed by atoms with van der Waals surface area (Å²) in [5.74, 6) is 1.44. The normalized spacial score (nSPS) is 25.8. The van der Waals surface area contributed by atoms with E-state index >= 15 is 0 Å². The van der Waals surface area contributed by atoms with Crippen molar-refractivity contribution < 1.29 is 4.79 Å². The van der Waals surface area contributed by atoms with Gasteiger partial charge in [0.25, 0.3) is 0 Å². The maximum Gasteiger partial charge on any atom is 0.166 e. The molecule has 1 heteroatoms. The predicted octanol–water partition coefficient (Wildman–Crippen LogP) is 3.62. The first-order valence-corrected chi connectivity index (χ1v) is 6.48. The molecule has 0 aromatic heterocycles. The van der Waals surface area contributed by atoms with Gasteiger partial charge in [-0.1, -0.05) is 37.1 Å². The zero-order valence-electron chi connectivity index (χ0n) is 9.61. The Morgan fingerprint density at radius 3 is 2.56 bits per heavy atom. The van der Waals surface area contributed by atoms with Crippen LogP contribution in [0.3, 0.4) is 0 Å². The highest BCUT2D eigenvalue weighted by Crippen LogP contribution is 2.38. The Balaban J connectivity index is 1.88. The van der Waals surface area contributed by atoms with Gasteiger partial charge in [-0.25, -0.2) is 0 Å². The average molecular weight is 214 g/mol. The van der Waals surface area contributed by atoms with Crippen LogP contribution in [0.5, 0.6) is 0 Å². The Labute approximate surface area is 96.9 Å². The molecule has 0 aliphatic heterocycles. The van der Waals surface area contributed by atoms with Gasteiger partial charge in [0.2, 0.25) is 0 Å². The summed E-state index contributed by atoms with van der Waals surface area (Å²) in [5.41, 5.74) is 2.27. The molecule has 16 heavy (non-hydrogen) atoms. The summed E-state index contributed by atoms with van der Waals surface area (Å²) in [5, 5.41) is 0. The molecular formula is C15H18O. The van der Waals surface area contributed by atoms with Crippen molar-refractivity contribution in [1.29, 1.82) is 0 Å². The van der Waals surface area contributed by atoms with Gasteiger partial charge in [-0.2, -0.15) is 0 Å². The molecule has 1 aromatic carbocycles. The lowest BCUT2D eigenvalue weighted by Crippen LogP contribution is -2.27. The number of rotatable bonds is 1. The van der Waals surface area contributed by atoms with Crippen molar-refractivity contribution in [2.24, 2.45) is 11.8 Å². The zero-order chi connectivity index (χ0) is 11.0. The zero-order valence-corrected chi connectivity index (χ0v) is 9.61. The minimum absolute atomic E-state index is 0.331. The third-order valence-electron chi connectivity index (χ3n) is 4.31. The number of hydrogen-bond acceptors (Lipinski definition) is 1. The fourth-order valence-electron chi connectivity index (χ4n) is 3.43. The maximum absolute atomic E-state index is 12.4. The molecule has 1 nitrogen and oxygen atoms in total.